The highest BCUT2D eigenvalue weighted by atomic mass is 79.9. The van der Waals surface area contributed by atoms with Gasteiger partial charge in [-0.25, -0.2) is 0 Å². The lowest BCUT2D eigenvalue weighted by Gasteiger charge is -2.08. The highest BCUT2D eigenvalue weighted by Crippen LogP contribution is 2.22. The molecule has 0 unspecified atom stereocenters. The Morgan fingerprint density at radius 2 is 1.74 bits per heavy atom. The number of benzene rings is 2. The molecular weight excluding hydrogens is 366 g/mol. The summed E-state index contributed by atoms with van der Waals surface area (Å²) in [6, 6.07) is 10.4. The van der Waals surface area contributed by atoms with Gasteiger partial charge in [0.25, 0.3) is 17.5 Å². The predicted molar refractivity (Wildman–Crippen MR) is 88.6 cm³/mol. The molecule has 2 N–H and O–H groups in total. The molecule has 0 saturated heterocycles. The number of hydrogen-bond acceptors (Lipinski definition) is 4. The number of hydrogen-bond donors (Lipinski definition) is 2. The first-order valence-electron chi connectivity index (χ1n) is 6.50. The summed E-state index contributed by atoms with van der Waals surface area (Å²) in [7, 11) is 1.44. The first-order chi connectivity index (χ1) is 10.9. The minimum absolute atomic E-state index is 0.166. The molecule has 23 heavy (non-hydrogen) atoms. The molecule has 2 rings (SSSR count). The number of carbonyl (C=O) groups excluding carboxylic acids is 2. The van der Waals surface area contributed by atoms with E-state index in [9.17, 15) is 19.7 Å². The molecule has 8 heteroatoms. The van der Waals surface area contributed by atoms with Crippen LogP contribution in [0.5, 0.6) is 0 Å². The van der Waals surface area contributed by atoms with Crippen molar-refractivity contribution in [3.8, 4) is 0 Å². The van der Waals surface area contributed by atoms with Crippen LogP contribution in [-0.4, -0.2) is 23.8 Å². The molecule has 0 aliphatic carbocycles. The predicted octanol–water partition coefficient (Wildman–Crippen LogP) is 2.97. The van der Waals surface area contributed by atoms with E-state index in [4.69, 9.17) is 0 Å². The van der Waals surface area contributed by atoms with Crippen LogP contribution < -0.4 is 10.6 Å². The van der Waals surface area contributed by atoms with Gasteiger partial charge in [0.1, 0.15) is 5.56 Å². The van der Waals surface area contributed by atoms with E-state index in [-0.39, 0.29) is 16.8 Å². The van der Waals surface area contributed by atoms with Crippen LogP contribution in [0.25, 0.3) is 0 Å². The number of amides is 2. The van der Waals surface area contributed by atoms with Crippen LogP contribution in [0, 0.1) is 10.1 Å². The summed E-state index contributed by atoms with van der Waals surface area (Å²) in [6.45, 7) is 0. The van der Waals surface area contributed by atoms with E-state index in [1.165, 1.54) is 19.2 Å². The summed E-state index contributed by atoms with van der Waals surface area (Å²) < 4.78 is 0.836. The number of nitro benzene ring substituents is 1. The highest BCUT2D eigenvalue weighted by Gasteiger charge is 2.22. The van der Waals surface area contributed by atoms with Crippen molar-refractivity contribution >= 4 is 39.1 Å². The third-order valence-electron chi connectivity index (χ3n) is 3.03. The number of anilines is 1. The fourth-order valence-corrected chi connectivity index (χ4v) is 2.16. The molecule has 0 spiro atoms. The fraction of sp³-hybridized carbons (Fsp3) is 0.0667. The smallest absolute Gasteiger partial charge is 0.282 e. The minimum atomic E-state index is -0.663. The molecule has 0 heterocycles. The number of nitro groups is 1. The van der Waals surface area contributed by atoms with Gasteiger partial charge in [-0.2, -0.15) is 0 Å². The summed E-state index contributed by atoms with van der Waals surface area (Å²) in [5.41, 5.74) is 0.100. The topological polar surface area (TPSA) is 101 Å². The molecule has 118 valence electrons. The van der Waals surface area contributed by atoms with E-state index >= 15 is 0 Å². The van der Waals surface area contributed by atoms with Crippen molar-refractivity contribution in [2.75, 3.05) is 12.4 Å². The Labute approximate surface area is 140 Å². The Morgan fingerprint density at radius 3 is 2.30 bits per heavy atom. The lowest BCUT2D eigenvalue weighted by atomic mass is 10.1. The van der Waals surface area contributed by atoms with Crippen molar-refractivity contribution in [3.05, 3.63) is 68.2 Å². The molecule has 0 bridgehead atoms. The van der Waals surface area contributed by atoms with E-state index < -0.39 is 16.7 Å². The maximum atomic E-state index is 12.3. The number of carbonyl (C=O) groups is 2. The normalized spacial score (nSPS) is 10.0. The Balaban J connectivity index is 2.38. The SMILES string of the molecule is CNC(=O)c1ccc([N+](=O)[O-])c(C(=O)Nc2ccc(Br)cc2)c1. The Kier molecular flexibility index (Phi) is 5.07. The van der Waals surface area contributed by atoms with Gasteiger partial charge in [-0.15, -0.1) is 0 Å². The number of halogens is 1. The average Bonchev–Trinajstić information content (AvgIpc) is 2.55. The second-order valence-corrected chi connectivity index (χ2v) is 5.44. The monoisotopic (exact) mass is 377 g/mol. The Hall–Kier alpha value is -2.74. The summed E-state index contributed by atoms with van der Waals surface area (Å²) >= 11 is 3.27. The number of nitrogens with zero attached hydrogens (tertiary/aromatic N) is 1. The Bertz CT molecular complexity index is 775. The first-order valence-corrected chi connectivity index (χ1v) is 7.29. The first kappa shape index (κ1) is 16.6. The van der Waals surface area contributed by atoms with Crippen LogP contribution >= 0.6 is 15.9 Å². The van der Waals surface area contributed by atoms with E-state index in [0.717, 1.165) is 10.5 Å². The molecule has 0 fully saturated rings. The summed E-state index contributed by atoms with van der Waals surface area (Å²) in [4.78, 5) is 34.4. The fourth-order valence-electron chi connectivity index (χ4n) is 1.89. The molecule has 0 atom stereocenters. The van der Waals surface area contributed by atoms with Gasteiger partial charge >= 0.3 is 0 Å². The molecule has 0 aliphatic rings. The molecule has 0 radical (unpaired) electrons. The van der Waals surface area contributed by atoms with Crippen LogP contribution in [0.4, 0.5) is 11.4 Å². The molecule has 2 aromatic carbocycles. The summed E-state index contributed by atoms with van der Waals surface area (Å²) in [5, 5.41) is 16.1. The van der Waals surface area contributed by atoms with E-state index in [1.54, 1.807) is 24.3 Å². The number of nitrogens with one attached hydrogen (secondary N) is 2. The zero-order valence-corrected chi connectivity index (χ0v) is 13.6. The van der Waals surface area contributed by atoms with Gasteiger partial charge in [-0.05, 0) is 36.4 Å². The zero-order valence-electron chi connectivity index (χ0n) is 12.0. The Morgan fingerprint density at radius 1 is 1.09 bits per heavy atom. The van der Waals surface area contributed by atoms with Gasteiger partial charge in [-0.3, -0.25) is 19.7 Å². The number of rotatable bonds is 4. The maximum absolute atomic E-state index is 12.3. The van der Waals surface area contributed by atoms with Gasteiger partial charge < -0.3 is 10.6 Å². The molecule has 2 aromatic rings. The van der Waals surface area contributed by atoms with Gasteiger partial charge in [-0.1, -0.05) is 15.9 Å². The lowest BCUT2D eigenvalue weighted by Crippen LogP contribution is -2.20. The molecule has 0 aliphatic heterocycles. The van der Waals surface area contributed by atoms with Crippen molar-refractivity contribution in [2.45, 2.75) is 0 Å². The van der Waals surface area contributed by atoms with Crippen LogP contribution in [0.2, 0.25) is 0 Å². The quantitative estimate of drug-likeness (QED) is 0.631. The van der Waals surface area contributed by atoms with Crippen molar-refractivity contribution in [1.82, 2.24) is 5.32 Å². The van der Waals surface area contributed by atoms with Crippen molar-refractivity contribution in [1.29, 1.82) is 0 Å². The van der Waals surface area contributed by atoms with Crippen molar-refractivity contribution in [3.63, 3.8) is 0 Å². The van der Waals surface area contributed by atoms with Crippen LogP contribution in [0.3, 0.4) is 0 Å². The highest BCUT2D eigenvalue weighted by molar-refractivity contribution is 9.10. The van der Waals surface area contributed by atoms with Gasteiger partial charge in [0.2, 0.25) is 0 Å². The van der Waals surface area contributed by atoms with Crippen molar-refractivity contribution in [2.24, 2.45) is 0 Å². The molecule has 0 aromatic heterocycles. The van der Waals surface area contributed by atoms with Crippen LogP contribution in [0.1, 0.15) is 20.7 Å². The molecule has 7 nitrogen and oxygen atoms in total. The summed E-state index contributed by atoms with van der Waals surface area (Å²) in [5.74, 6) is -1.10. The van der Waals surface area contributed by atoms with E-state index in [1.807, 2.05) is 0 Å². The molecule has 2 amide bonds. The molecule has 0 saturated carbocycles. The van der Waals surface area contributed by atoms with E-state index in [2.05, 4.69) is 26.6 Å². The standard InChI is InChI=1S/C15H12BrN3O4/c1-17-14(20)9-2-7-13(19(22)23)12(8-9)15(21)18-11-5-3-10(16)4-6-11/h2-8H,1H3,(H,17,20)(H,18,21). The van der Waals surface area contributed by atoms with Gasteiger partial charge in [0, 0.05) is 28.8 Å². The van der Waals surface area contributed by atoms with Gasteiger partial charge in [0.15, 0.2) is 0 Å². The second-order valence-electron chi connectivity index (χ2n) is 4.53. The van der Waals surface area contributed by atoms with Gasteiger partial charge in [0.05, 0.1) is 4.92 Å². The summed E-state index contributed by atoms with van der Waals surface area (Å²) in [6.07, 6.45) is 0. The molecular formula is C15H12BrN3O4. The van der Waals surface area contributed by atoms with Crippen molar-refractivity contribution < 1.29 is 14.5 Å². The lowest BCUT2D eigenvalue weighted by molar-refractivity contribution is -0.385. The third-order valence-corrected chi connectivity index (χ3v) is 3.56. The largest absolute Gasteiger partial charge is 0.355 e. The second kappa shape index (κ2) is 7.01. The van der Waals surface area contributed by atoms with Crippen LogP contribution in [0.15, 0.2) is 46.9 Å². The third kappa shape index (κ3) is 3.92. The minimum Gasteiger partial charge on any atom is -0.355 e. The zero-order chi connectivity index (χ0) is 17.0. The van der Waals surface area contributed by atoms with E-state index in [0.29, 0.717) is 5.69 Å². The maximum Gasteiger partial charge on any atom is 0.282 e. The average molecular weight is 378 g/mol. The van der Waals surface area contributed by atoms with Crippen LogP contribution in [-0.2, 0) is 0 Å².